The zero-order chi connectivity index (χ0) is 9.19. The highest BCUT2D eigenvalue weighted by Crippen LogP contribution is 2.29. The van der Waals surface area contributed by atoms with Crippen molar-refractivity contribution in [2.24, 2.45) is 5.41 Å². The second-order valence-electron chi connectivity index (χ2n) is 3.65. The summed E-state index contributed by atoms with van der Waals surface area (Å²) in [5.41, 5.74) is -0.0540. The summed E-state index contributed by atoms with van der Waals surface area (Å²) in [6.45, 7) is 4.33. The zero-order valence-corrected chi connectivity index (χ0v) is 7.24. The fraction of sp³-hybridized carbons (Fsp3) is 0.556. The number of ether oxygens (including phenoxy) is 1. The molecule has 0 radical (unpaired) electrons. The van der Waals surface area contributed by atoms with E-state index in [-0.39, 0.29) is 11.2 Å². The number of hydrogen-bond donors (Lipinski definition) is 0. The van der Waals surface area contributed by atoms with E-state index in [0.717, 1.165) is 0 Å². The van der Waals surface area contributed by atoms with Gasteiger partial charge in [0.25, 0.3) is 6.47 Å². The van der Waals surface area contributed by atoms with E-state index in [1.807, 2.05) is 19.9 Å². The number of rotatable bonds is 2. The molecule has 1 atom stereocenters. The van der Waals surface area contributed by atoms with Gasteiger partial charge < -0.3 is 4.74 Å². The summed E-state index contributed by atoms with van der Waals surface area (Å²) in [7, 11) is 0. The van der Waals surface area contributed by atoms with Gasteiger partial charge in [-0.2, -0.15) is 0 Å². The molecule has 0 bridgehead atoms. The van der Waals surface area contributed by atoms with Crippen LogP contribution < -0.4 is 0 Å². The quantitative estimate of drug-likeness (QED) is 0.579. The molecule has 0 aromatic rings. The summed E-state index contributed by atoms with van der Waals surface area (Å²) >= 11 is 0. The van der Waals surface area contributed by atoms with Gasteiger partial charge in [0.05, 0.1) is 0 Å². The SMILES string of the molecule is CC1(C)C=CC(=O)C(OC=O)C1. The third-order valence-electron chi connectivity index (χ3n) is 1.95. The van der Waals surface area contributed by atoms with Gasteiger partial charge in [0.2, 0.25) is 0 Å². The van der Waals surface area contributed by atoms with E-state index in [2.05, 4.69) is 4.74 Å². The Kier molecular flexibility index (Phi) is 2.31. The first kappa shape index (κ1) is 8.97. The van der Waals surface area contributed by atoms with Gasteiger partial charge in [-0.1, -0.05) is 19.9 Å². The van der Waals surface area contributed by atoms with Crippen molar-refractivity contribution in [1.82, 2.24) is 0 Å². The Bertz CT molecular complexity index is 228. The molecule has 1 rings (SSSR count). The summed E-state index contributed by atoms with van der Waals surface area (Å²) < 4.78 is 4.65. The maximum Gasteiger partial charge on any atom is 0.293 e. The highest BCUT2D eigenvalue weighted by molar-refractivity contribution is 5.95. The second kappa shape index (κ2) is 3.09. The van der Waals surface area contributed by atoms with Crippen LogP contribution >= 0.6 is 0 Å². The number of carbonyl (C=O) groups excluding carboxylic acids is 2. The van der Waals surface area contributed by atoms with Gasteiger partial charge in [-0.05, 0) is 11.5 Å². The molecular weight excluding hydrogens is 156 g/mol. The van der Waals surface area contributed by atoms with Gasteiger partial charge in [-0.3, -0.25) is 9.59 Å². The lowest BCUT2D eigenvalue weighted by atomic mass is 9.81. The normalized spacial score (nSPS) is 26.8. The van der Waals surface area contributed by atoms with E-state index in [4.69, 9.17) is 0 Å². The van der Waals surface area contributed by atoms with Crippen LogP contribution in [0.25, 0.3) is 0 Å². The van der Waals surface area contributed by atoms with E-state index in [0.29, 0.717) is 12.9 Å². The van der Waals surface area contributed by atoms with Crippen molar-refractivity contribution < 1.29 is 14.3 Å². The lowest BCUT2D eigenvalue weighted by Gasteiger charge is -2.27. The molecule has 1 aliphatic carbocycles. The van der Waals surface area contributed by atoms with E-state index in [1.165, 1.54) is 6.08 Å². The first-order chi connectivity index (χ1) is 5.55. The number of carbonyl (C=O) groups is 2. The van der Waals surface area contributed by atoms with Gasteiger partial charge in [0.15, 0.2) is 11.9 Å². The fourth-order valence-electron chi connectivity index (χ4n) is 1.24. The summed E-state index contributed by atoms with van der Waals surface area (Å²) in [5.74, 6) is -0.124. The molecule has 0 aromatic carbocycles. The van der Waals surface area contributed by atoms with Crippen LogP contribution in [0.15, 0.2) is 12.2 Å². The van der Waals surface area contributed by atoms with E-state index < -0.39 is 6.10 Å². The largest absolute Gasteiger partial charge is 0.456 e. The van der Waals surface area contributed by atoms with Gasteiger partial charge in [-0.15, -0.1) is 0 Å². The minimum absolute atomic E-state index is 0.0540. The number of allylic oxidation sites excluding steroid dienone is 1. The first-order valence-corrected chi connectivity index (χ1v) is 3.87. The van der Waals surface area contributed by atoms with Crippen molar-refractivity contribution in [3.05, 3.63) is 12.2 Å². The average molecular weight is 168 g/mol. The molecule has 0 aliphatic heterocycles. The van der Waals surface area contributed by atoms with Gasteiger partial charge in [0, 0.05) is 6.42 Å². The van der Waals surface area contributed by atoms with Crippen LogP contribution in [0.1, 0.15) is 20.3 Å². The molecule has 1 aliphatic rings. The molecule has 0 heterocycles. The summed E-state index contributed by atoms with van der Waals surface area (Å²) in [5, 5.41) is 0. The van der Waals surface area contributed by atoms with Crippen molar-refractivity contribution in [2.45, 2.75) is 26.4 Å². The highest BCUT2D eigenvalue weighted by Gasteiger charge is 2.30. The van der Waals surface area contributed by atoms with Crippen molar-refractivity contribution in [2.75, 3.05) is 0 Å². The highest BCUT2D eigenvalue weighted by atomic mass is 16.5. The monoisotopic (exact) mass is 168 g/mol. The topological polar surface area (TPSA) is 43.4 Å². The predicted octanol–water partition coefficient (Wildman–Crippen LogP) is 1.08. The van der Waals surface area contributed by atoms with Crippen LogP contribution in [0.4, 0.5) is 0 Å². The van der Waals surface area contributed by atoms with Crippen molar-refractivity contribution in [3.8, 4) is 0 Å². The van der Waals surface area contributed by atoms with Gasteiger partial charge in [0.1, 0.15) is 0 Å². The summed E-state index contributed by atoms with van der Waals surface area (Å²) in [6.07, 6.45) is 3.32. The Hall–Kier alpha value is -1.12. The van der Waals surface area contributed by atoms with Crippen LogP contribution in [0, 0.1) is 5.41 Å². The van der Waals surface area contributed by atoms with Gasteiger partial charge in [-0.25, -0.2) is 0 Å². The molecular formula is C9H12O3. The standard InChI is InChI=1S/C9H12O3/c1-9(2)4-3-7(11)8(5-9)12-6-10/h3-4,6,8H,5H2,1-2H3. The van der Waals surface area contributed by atoms with Crippen LogP contribution in [-0.2, 0) is 14.3 Å². The Morgan fingerprint density at radius 3 is 2.92 bits per heavy atom. The van der Waals surface area contributed by atoms with Crippen molar-refractivity contribution in [1.29, 1.82) is 0 Å². The van der Waals surface area contributed by atoms with Crippen LogP contribution in [0.5, 0.6) is 0 Å². The Labute approximate surface area is 71.4 Å². The van der Waals surface area contributed by atoms with Crippen LogP contribution in [-0.4, -0.2) is 18.4 Å². The van der Waals surface area contributed by atoms with E-state index in [9.17, 15) is 9.59 Å². The van der Waals surface area contributed by atoms with Crippen LogP contribution in [0.2, 0.25) is 0 Å². The molecule has 66 valence electrons. The number of ketones is 1. The zero-order valence-electron chi connectivity index (χ0n) is 7.24. The van der Waals surface area contributed by atoms with Crippen molar-refractivity contribution in [3.63, 3.8) is 0 Å². The molecule has 1 unspecified atom stereocenters. The Balaban J connectivity index is 2.73. The molecule has 3 heteroatoms. The molecule has 3 nitrogen and oxygen atoms in total. The molecule has 0 spiro atoms. The average Bonchev–Trinajstić information content (AvgIpc) is 1.97. The fourth-order valence-corrected chi connectivity index (χ4v) is 1.24. The Morgan fingerprint density at radius 1 is 1.67 bits per heavy atom. The molecule has 0 N–H and O–H groups in total. The second-order valence-corrected chi connectivity index (χ2v) is 3.65. The molecule has 0 saturated heterocycles. The lowest BCUT2D eigenvalue weighted by Crippen LogP contribution is -2.32. The van der Waals surface area contributed by atoms with Crippen molar-refractivity contribution >= 4 is 12.3 Å². The molecule has 0 fully saturated rings. The molecule has 0 saturated carbocycles. The Morgan fingerprint density at radius 2 is 2.33 bits per heavy atom. The van der Waals surface area contributed by atoms with Crippen LogP contribution in [0.3, 0.4) is 0 Å². The van der Waals surface area contributed by atoms with E-state index >= 15 is 0 Å². The summed E-state index contributed by atoms with van der Waals surface area (Å²) in [4.78, 5) is 21.1. The number of hydrogen-bond acceptors (Lipinski definition) is 3. The van der Waals surface area contributed by atoms with E-state index in [1.54, 1.807) is 0 Å². The lowest BCUT2D eigenvalue weighted by molar-refractivity contribution is -0.143. The van der Waals surface area contributed by atoms with Gasteiger partial charge >= 0.3 is 0 Å². The molecule has 0 amide bonds. The predicted molar refractivity (Wildman–Crippen MR) is 43.5 cm³/mol. The maximum absolute atomic E-state index is 11.1. The maximum atomic E-state index is 11.1. The minimum Gasteiger partial charge on any atom is -0.456 e. The molecule has 0 aromatic heterocycles. The smallest absolute Gasteiger partial charge is 0.293 e. The summed E-state index contributed by atoms with van der Waals surface area (Å²) in [6, 6.07) is 0. The minimum atomic E-state index is -0.581. The first-order valence-electron chi connectivity index (χ1n) is 3.87. The third kappa shape index (κ3) is 1.94. The third-order valence-corrected chi connectivity index (χ3v) is 1.95. The molecule has 12 heavy (non-hydrogen) atoms.